The van der Waals surface area contributed by atoms with Crippen LogP contribution in [0.5, 0.6) is 0 Å². The molecule has 0 aliphatic heterocycles. The first-order chi connectivity index (χ1) is 8.93. The molecule has 0 radical (unpaired) electrons. The Balaban J connectivity index is -0.000000295. The van der Waals surface area contributed by atoms with Crippen LogP contribution in [-0.4, -0.2) is 89.1 Å². The van der Waals surface area contributed by atoms with E-state index in [0.29, 0.717) is 0 Å². The van der Waals surface area contributed by atoms with E-state index in [9.17, 15) is 19.2 Å². The van der Waals surface area contributed by atoms with E-state index in [-0.39, 0.29) is 40.8 Å². The van der Waals surface area contributed by atoms with Crippen molar-refractivity contribution in [2.75, 3.05) is 0 Å². The van der Waals surface area contributed by atoms with E-state index in [2.05, 4.69) is 0 Å². The zero-order valence-corrected chi connectivity index (χ0v) is 13.2. The minimum atomic E-state index is -2.27. The molecule has 120 valence electrons. The number of carboxylic acids is 4. The fourth-order valence-corrected chi connectivity index (χ4v) is 0.540. The molecule has 8 N–H and O–H groups in total. The third kappa shape index (κ3) is 10.4. The van der Waals surface area contributed by atoms with Gasteiger partial charge < -0.3 is 40.9 Å². The molecular weight excluding hydrogens is 432 g/mol. The molecule has 0 saturated carbocycles. The predicted octanol–water partition coefficient (Wildman–Crippen LogP) is -4.25. The van der Waals surface area contributed by atoms with Crippen molar-refractivity contribution >= 4 is 23.9 Å². The normalized spacial score (nSPS) is 15.0. The van der Waals surface area contributed by atoms with Crippen molar-refractivity contribution in [3.05, 3.63) is 0 Å². The summed E-state index contributed by atoms with van der Waals surface area (Å²) in [4.78, 5) is 39.1. The van der Waals surface area contributed by atoms with Gasteiger partial charge in [-0.05, 0) is 0 Å². The van der Waals surface area contributed by atoms with Crippen molar-refractivity contribution in [3.63, 3.8) is 0 Å². The Labute approximate surface area is 148 Å². The molecule has 13 heteroatoms. The molecule has 4 atom stereocenters. The van der Waals surface area contributed by atoms with Gasteiger partial charge >= 0.3 is 23.9 Å². The summed E-state index contributed by atoms with van der Waals surface area (Å²) in [6.07, 6.45) is -9.06. The second kappa shape index (κ2) is 11.7. The van der Waals surface area contributed by atoms with Crippen molar-refractivity contribution in [1.29, 1.82) is 0 Å². The molecule has 12 nitrogen and oxygen atoms in total. The molecule has 0 aliphatic rings. The van der Waals surface area contributed by atoms with Crippen LogP contribution >= 0.6 is 0 Å². The second-order valence-electron chi connectivity index (χ2n) is 3.13. The molecule has 4 unspecified atom stereocenters. The molecule has 0 saturated heterocycles. The van der Waals surface area contributed by atoms with Crippen LogP contribution in [0, 0.1) is 40.8 Å². The van der Waals surface area contributed by atoms with Gasteiger partial charge in [-0.15, -0.1) is 0 Å². The Morgan fingerprint density at radius 1 is 0.476 bits per heavy atom. The van der Waals surface area contributed by atoms with Crippen molar-refractivity contribution in [2.24, 2.45) is 0 Å². The molecule has 0 aromatic heterocycles. The molecule has 21 heavy (non-hydrogen) atoms. The summed E-state index contributed by atoms with van der Waals surface area (Å²) in [5, 5.41) is 65.1. The van der Waals surface area contributed by atoms with Gasteiger partial charge in [0.1, 0.15) is 0 Å². The Hall–Kier alpha value is -0.929. The summed E-state index contributed by atoms with van der Waals surface area (Å²) in [6.45, 7) is 0. The summed E-state index contributed by atoms with van der Waals surface area (Å²) in [7, 11) is 0. The zero-order chi connectivity index (χ0) is 16.6. The molecule has 0 amide bonds. The molecule has 0 aromatic rings. The van der Waals surface area contributed by atoms with Crippen LogP contribution in [-0.2, 0) is 19.2 Å². The molecule has 0 rings (SSSR count). The van der Waals surface area contributed by atoms with Gasteiger partial charge in [-0.3, -0.25) is 0 Å². The summed E-state index contributed by atoms with van der Waals surface area (Å²) >= 11 is 0. The zero-order valence-electron chi connectivity index (χ0n) is 10.0. The molecular formula is C8H12NdO12. The largest absolute Gasteiger partial charge is 0.479 e. The average Bonchev–Trinajstić information content (AvgIpc) is 2.35. The molecule has 0 spiro atoms. The SMILES string of the molecule is O=C(O)C(O)C(O)C(=O)O.O=C(O)C(O)C(O)C(=O)O.[Nd]. The van der Waals surface area contributed by atoms with Gasteiger partial charge in [0.05, 0.1) is 0 Å². The number of hydrogen-bond donors (Lipinski definition) is 8. The van der Waals surface area contributed by atoms with Crippen molar-refractivity contribution < 1.29 is 101 Å². The summed E-state index contributed by atoms with van der Waals surface area (Å²) in [5.41, 5.74) is 0. The molecule has 0 aliphatic carbocycles. The van der Waals surface area contributed by atoms with E-state index in [1.807, 2.05) is 0 Å². The van der Waals surface area contributed by atoms with E-state index in [4.69, 9.17) is 40.9 Å². The van der Waals surface area contributed by atoms with Crippen molar-refractivity contribution in [3.8, 4) is 0 Å². The fourth-order valence-electron chi connectivity index (χ4n) is 0.540. The van der Waals surface area contributed by atoms with Gasteiger partial charge in [0.15, 0.2) is 24.4 Å². The van der Waals surface area contributed by atoms with E-state index in [0.717, 1.165) is 0 Å². The van der Waals surface area contributed by atoms with E-state index >= 15 is 0 Å². The van der Waals surface area contributed by atoms with Crippen LogP contribution < -0.4 is 0 Å². The summed E-state index contributed by atoms with van der Waals surface area (Å²) in [6, 6.07) is 0. The first kappa shape index (κ1) is 25.0. The van der Waals surface area contributed by atoms with Gasteiger partial charge in [-0.25, -0.2) is 19.2 Å². The third-order valence-corrected chi connectivity index (χ3v) is 1.61. The van der Waals surface area contributed by atoms with Gasteiger partial charge in [0, 0.05) is 40.8 Å². The molecule has 0 aromatic carbocycles. The van der Waals surface area contributed by atoms with Crippen molar-refractivity contribution in [2.45, 2.75) is 24.4 Å². The minimum Gasteiger partial charge on any atom is -0.479 e. The van der Waals surface area contributed by atoms with Crippen LogP contribution in [0.2, 0.25) is 0 Å². The number of aliphatic carboxylic acids is 4. The number of carbonyl (C=O) groups is 4. The number of aliphatic hydroxyl groups excluding tert-OH is 4. The van der Waals surface area contributed by atoms with E-state index < -0.39 is 48.3 Å². The minimum absolute atomic E-state index is 0. The molecule has 0 heterocycles. The first-order valence-electron chi connectivity index (χ1n) is 4.57. The third-order valence-electron chi connectivity index (χ3n) is 1.61. The monoisotopic (exact) mass is 442 g/mol. The Morgan fingerprint density at radius 2 is 0.571 bits per heavy atom. The topological polar surface area (TPSA) is 230 Å². The van der Waals surface area contributed by atoms with Crippen LogP contribution in [0.15, 0.2) is 0 Å². The standard InChI is InChI=1S/2C4H6O6.Nd/c2*5-1(3(7)8)2(6)4(9)10;/h2*1-2,5-6H,(H,7,8)(H,9,10);. The van der Waals surface area contributed by atoms with Crippen LogP contribution in [0.3, 0.4) is 0 Å². The Morgan fingerprint density at radius 3 is 0.619 bits per heavy atom. The van der Waals surface area contributed by atoms with E-state index in [1.54, 1.807) is 0 Å². The maximum atomic E-state index is 9.77. The fraction of sp³-hybridized carbons (Fsp3) is 0.500. The summed E-state index contributed by atoms with van der Waals surface area (Å²) in [5.74, 6) is -7.07. The Kier molecular flexibility index (Phi) is 14.0. The van der Waals surface area contributed by atoms with E-state index in [1.165, 1.54) is 0 Å². The van der Waals surface area contributed by atoms with Gasteiger partial charge in [-0.1, -0.05) is 0 Å². The van der Waals surface area contributed by atoms with Gasteiger partial charge in [-0.2, -0.15) is 0 Å². The average molecular weight is 444 g/mol. The number of carboxylic acid groups (broad SMARTS) is 4. The predicted molar refractivity (Wildman–Crippen MR) is 54.6 cm³/mol. The summed E-state index contributed by atoms with van der Waals surface area (Å²) < 4.78 is 0. The first-order valence-corrected chi connectivity index (χ1v) is 4.57. The maximum absolute atomic E-state index is 9.77. The quantitative estimate of drug-likeness (QED) is 0.195. The van der Waals surface area contributed by atoms with Crippen LogP contribution in [0.25, 0.3) is 0 Å². The van der Waals surface area contributed by atoms with Crippen LogP contribution in [0.4, 0.5) is 0 Å². The van der Waals surface area contributed by atoms with Crippen LogP contribution in [0.1, 0.15) is 0 Å². The second-order valence-corrected chi connectivity index (χ2v) is 3.13. The number of rotatable bonds is 6. The molecule has 0 fully saturated rings. The van der Waals surface area contributed by atoms with Crippen molar-refractivity contribution in [1.82, 2.24) is 0 Å². The number of hydrogen-bond acceptors (Lipinski definition) is 8. The van der Waals surface area contributed by atoms with Gasteiger partial charge in [0.25, 0.3) is 0 Å². The molecule has 0 bridgehead atoms. The Bertz CT molecular complexity index is 309. The number of aliphatic hydroxyl groups is 4. The van der Waals surface area contributed by atoms with Gasteiger partial charge in [0.2, 0.25) is 0 Å². The maximum Gasteiger partial charge on any atom is 0.335 e. The smallest absolute Gasteiger partial charge is 0.335 e.